The molecule has 1 aromatic heterocycles. The van der Waals surface area contributed by atoms with Crippen molar-refractivity contribution in [3.8, 4) is 0 Å². The van der Waals surface area contributed by atoms with Crippen molar-refractivity contribution in [3.63, 3.8) is 0 Å². The molecule has 0 atom stereocenters. The van der Waals surface area contributed by atoms with Crippen LogP contribution in [0, 0.1) is 0 Å². The molecule has 9 heteroatoms. The molecule has 1 amide bonds. The van der Waals surface area contributed by atoms with Gasteiger partial charge in [0.05, 0.1) is 4.90 Å². The summed E-state index contributed by atoms with van der Waals surface area (Å²) in [6.45, 7) is 8.27. The minimum Gasteiger partial charge on any atom is -0.323 e. The van der Waals surface area contributed by atoms with Crippen LogP contribution in [0.4, 0.5) is 4.79 Å². The molecule has 0 fully saturated rings. The number of benzene rings is 1. The van der Waals surface area contributed by atoms with Crippen LogP contribution in [0.15, 0.2) is 47.0 Å². The Kier molecular flexibility index (Phi) is 6.49. The van der Waals surface area contributed by atoms with Crippen LogP contribution in [0.5, 0.6) is 0 Å². The highest BCUT2D eigenvalue weighted by Crippen LogP contribution is 2.28. The first kappa shape index (κ1) is 20.5. The second-order valence-corrected chi connectivity index (χ2v) is 8.20. The van der Waals surface area contributed by atoms with E-state index in [1.165, 1.54) is 29.3 Å². The summed E-state index contributed by atoms with van der Waals surface area (Å²) < 4.78 is 27.1. The van der Waals surface area contributed by atoms with Gasteiger partial charge in [0.15, 0.2) is 5.03 Å². The first-order valence-electron chi connectivity index (χ1n) is 7.94. The fraction of sp³-hybridized carbons (Fsp3) is 0.294. The van der Waals surface area contributed by atoms with E-state index in [1.54, 1.807) is 6.08 Å². The van der Waals surface area contributed by atoms with Crippen molar-refractivity contribution in [2.24, 2.45) is 0 Å². The number of carbonyl (C=O) groups is 1. The van der Waals surface area contributed by atoms with Crippen molar-refractivity contribution in [1.29, 1.82) is 0 Å². The van der Waals surface area contributed by atoms with Crippen molar-refractivity contribution >= 4 is 39.1 Å². The topological polar surface area (TPSA) is 72.3 Å². The van der Waals surface area contributed by atoms with Crippen LogP contribution in [0.25, 0.3) is 0 Å². The zero-order valence-electron chi connectivity index (χ0n) is 14.4. The Hall–Kier alpha value is -1.83. The van der Waals surface area contributed by atoms with Gasteiger partial charge in [0.25, 0.3) is 0 Å². The number of sulfone groups is 1. The Bertz CT molecular complexity index is 914. The third-order valence-electron chi connectivity index (χ3n) is 3.75. The first-order valence-corrected chi connectivity index (χ1v) is 10.2. The normalized spacial score (nSPS) is 11.4. The third kappa shape index (κ3) is 4.11. The molecule has 26 heavy (non-hydrogen) atoms. The number of hydrogen-bond acceptors (Lipinski definition) is 4. The van der Waals surface area contributed by atoms with Crippen molar-refractivity contribution in [3.05, 3.63) is 52.7 Å². The fourth-order valence-electron chi connectivity index (χ4n) is 2.45. The predicted molar refractivity (Wildman–Crippen MR) is 102 cm³/mol. The molecule has 2 rings (SSSR count). The van der Waals surface area contributed by atoms with Gasteiger partial charge in [-0.3, -0.25) is 0 Å². The molecule has 0 saturated heterocycles. The van der Waals surface area contributed by atoms with Gasteiger partial charge in [0.2, 0.25) is 9.84 Å². The average Bonchev–Trinajstić information content (AvgIpc) is 3.00. The Morgan fingerprint density at radius 3 is 2.31 bits per heavy atom. The molecule has 0 aliphatic carbocycles. The minimum absolute atomic E-state index is 0.0825. The van der Waals surface area contributed by atoms with Gasteiger partial charge in [-0.1, -0.05) is 29.3 Å². The molecule has 0 radical (unpaired) electrons. The Labute approximate surface area is 162 Å². The van der Waals surface area contributed by atoms with Crippen molar-refractivity contribution < 1.29 is 13.2 Å². The average molecular weight is 416 g/mol. The van der Waals surface area contributed by atoms with Crippen molar-refractivity contribution in [1.82, 2.24) is 14.7 Å². The molecule has 6 nitrogen and oxygen atoms in total. The Morgan fingerprint density at radius 2 is 1.81 bits per heavy atom. The molecule has 2 aromatic rings. The van der Waals surface area contributed by atoms with Crippen molar-refractivity contribution in [2.75, 3.05) is 13.1 Å². The van der Waals surface area contributed by atoms with E-state index in [0.717, 1.165) is 4.68 Å². The molecule has 0 aliphatic heterocycles. The van der Waals surface area contributed by atoms with Gasteiger partial charge in [0.1, 0.15) is 0 Å². The van der Waals surface area contributed by atoms with Gasteiger partial charge >= 0.3 is 6.03 Å². The van der Waals surface area contributed by atoms with Crippen LogP contribution < -0.4 is 0 Å². The van der Waals surface area contributed by atoms with E-state index in [-0.39, 0.29) is 26.4 Å². The summed E-state index contributed by atoms with van der Waals surface area (Å²) in [6, 6.07) is 3.64. The number of allylic oxidation sites excluding steroid dienone is 1. The molecule has 140 valence electrons. The van der Waals surface area contributed by atoms with Gasteiger partial charge in [0, 0.05) is 34.9 Å². The van der Waals surface area contributed by atoms with Gasteiger partial charge in [-0.25, -0.2) is 13.2 Å². The highest BCUT2D eigenvalue weighted by atomic mass is 35.5. The summed E-state index contributed by atoms with van der Waals surface area (Å²) in [5.74, 6) is 0. The first-order chi connectivity index (χ1) is 12.2. The number of nitrogens with zero attached hydrogens (tertiary/aromatic N) is 3. The number of carbonyl (C=O) groups excluding carboxylic acids is 1. The largest absolute Gasteiger partial charge is 0.344 e. The number of hydrogen-bond donors (Lipinski definition) is 0. The molecule has 0 N–H and O–H groups in total. The summed E-state index contributed by atoms with van der Waals surface area (Å²) in [6.07, 6.45) is 3.21. The zero-order valence-corrected chi connectivity index (χ0v) is 16.8. The summed E-state index contributed by atoms with van der Waals surface area (Å²) >= 11 is 11.9. The van der Waals surface area contributed by atoms with E-state index in [2.05, 4.69) is 11.7 Å². The summed E-state index contributed by atoms with van der Waals surface area (Å²) in [5.41, 5.74) is 0.372. The van der Waals surface area contributed by atoms with Gasteiger partial charge in [-0.05, 0) is 38.5 Å². The maximum atomic E-state index is 13.0. The van der Waals surface area contributed by atoms with E-state index in [4.69, 9.17) is 23.2 Å². The van der Waals surface area contributed by atoms with E-state index < -0.39 is 15.9 Å². The van der Waals surface area contributed by atoms with Crippen LogP contribution in [0.1, 0.15) is 19.4 Å². The lowest BCUT2D eigenvalue weighted by Crippen LogP contribution is -2.34. The lowest BCUT2D eigenvalue weighted by molar-refractivity contribution is 0.201. The van der Waals surface area contributed by atoms with E-state index >= 15 is 0 Å². The number of rotatable bonds is 6. The molecular weight excluding hydrogens is 397 g/mol. The quantitative estimate of drug-likeness (QED) is 0.666. The summed E-state index contributed by atoms with van der Waals surface area (Å²) in [5, 5.41) is 4.23. The second-order valence-electron chi connectivity index (χ2n) is 5.46. The summed E-state index contributed by atoms with van der Waals surface area (Å²) in [7, 11) is -4.01. The number of amides is 1. The Balaban J connectivity index is 2.60. The monoisotopic (exact) mass is 415 g/mol. The maximum absolute atomic E-state index is 13.0. The van der Waals surface area contributed by atoms with Crippen molar-refractivity contribution in [2.45, 2.75) is 30.2 Å². The van der Waals surface area contributed by atoms with Crippen LogP contribution >= 0.6 is 23.2 Å². The van der Waals surface area contributed by atoms with Crippen LogP contribution in [0.2, 0.25) is 10.0 Å². The predicted octanol–water partition coefficient (Wildman–Crippen LogP) is 4.06. The molecule has 0 bridgehead atoms. The minimum atomic E-state index is -4.01. The molecule has 0 aliphatic rings. The SMILES string of the molecule is C=CCc1cn(C(=O)N(CC)CC)nc1S(=O)(=O)c1cc(Cl)cc(Cl)c1. The molecular formula is C17H19Cl2N3O3S. The maximum Gasteiger partial charge on any atom is 0.344 e. The second kappa shape index (κ2) is 8.24. The highest BCUT2D eigenvalue weighted by molar-refractivity contribution is 7.91. The lowest BCUT2D eigenvalue weighted by atomic mass is 10.2. The van der Waals surface area contributed by atoms with E-state index in [1.807, 2.05) is 13.8 Å². The van der Waals surface area contributed by atoms with Gasteiger partial charge in [-0.2, -0.15) is 9.78 Å². The van der Waals surface area contributed by atoms with Crippen LogP contribution in [0.3, 0.4) is 0 Å². The standard InChI is InChI=1S/C17H19Cl2N3O3S/c1-4-7-12-11-22(17(23)21(5-2)6-3)20-16(12)26(24,25)15-9-13(18)8-14(19)10-15/h4,8-11H,1,5-7H2,2-3H3. The van der Waals surface area contributed by atoms with E-state index in [0.29, 0.717) is 18.7 Å². The van der Waals surface area contributed by atoms with Crippen LogP contribution in [-0.2, 0) is 16.3 Å². The number of halogens is 2. The van der Waals surface area contributed by atoms with Gasteiger partial charge < -0.3 is 4.90 Å². The molecule has 1 heterocycles. The molecule has 0 unspecified atom stereocenters. The highest BCUT2D eigenvalue weighted by Gasteiger charge is 2.28. The smallest absolute Gasteiger partial charge is 0.323 e. The van der Waals surface area contributed by atoms with E-state index in [9.17, 15) is 13.2 Å². The fourth-order valence-corrected chi connectivity index (χ4v) is 4.57. The lowest BCUT2D eigenvalue weighted by Gasteiger charge is -2.17. The summed E-state index contributed by atoms with van der Waals surface area (Å²) in [4.78, 5) is 14.0. The zero-order chi connectivity index (χ0) is 19.5. The molecule has 1 aromatic carbocycles. The van der Waals surface area contributed by atoms with Crippen LogP contribution in [-0.4, -0.2) is 42.2 Å². The Morgan fingerprint density at radius 1 is 1.23 bits per heavy atom. The number of aromatic nitrogens is 2. The third-order valence-corrected chi connectivity index (χ3v) is 5.89. The van der Waals surface area contributed by atoms with Gasteiger partial charge in [-0.15, -0.1) is 6.58 Å². The molecule has 0 saturated carbocycles. The molecule has 0 spiro atoms.